The summed E-state index contributed by atoms with van der Waals surface area (Å²) in [5.74, 6) is 0. The number of nitrogens with zero attached hydrogens (tertiary/aromatic N) is 1. The fourth-order valence-electron chi connectivity index (χ4n) is 4.41. The zero-order valence-electron chi connectivity index (χ0n) is 14.5. The highest BCUT2D eigenvalue weighted by Crippen LogP contribution is 2.39. The number of nitrogens with one attached hydrogen (secondary N) is 1. The van der Waals surface area contributed by atoms with Gasteiger partial charge in [0.15, 0.2) is 0 Å². The fourth-order valence-corrected chi connectivity index (χ4v) is 4.41. The summed E-state index contributed by atoms with van der Waals surface area (Å²) >= 11 is 0. The van der Waals surface area contributed by atoms with Gasteiger partial charge in [-0.2, -0.15) is 0 Å². The van der Waals surface area contributed by atoms with Gasteiger partial charge in [-0.05, 0) is 62.6 Å². The molecule has 0 aromatic heterocycles. The quantitative estimate of drug-likeness (QED) is 0.839. The van der Waals surface area contributed by atoms with Crippen molar-refractivity contribution in [3.63, 3.8) is 0 Å². The predicted molar refractivity (Wildman–Crippen MR) is 88.1 cm³/mol. The Morgan fingerprint density at radius 1 is 1.00 bits per heavy atom. The molecule has 2 nitrogen and oxygen atoms in total. The third-order valence-corrected chi connectivity index (χ3v) is 5.82. The molecule has 1 heterocycles. The van der Waals surface area contributed by atoms with E-state index in [1.165, 1.54) is 51.6 Å². The van der Waals surface area contributed by atoms with Gasteiger partial charge in [-0.15, -0.1) is 0 Å². The zero-order valence-corrected chi connectivity index (χ0v) is 14.5. The standard InChI is InChI=1S/C18H36N2/c1-6-19-16-15(9-7-11-18(16,4)5)20-13-8-10-17(2,3)12-14-20/h15-16,19H,6-14H2,1-5H3. The van der Waals surface area contributed by atoms with Gasteiger partial charge >= 0.3 is 0 Å². The molecule has 1 saturated carbocycles. The van der Waals surface area contributed by atoms with Crippen LogP contribution in [0.25, 0.3) is 0 Å². The molecule has 2 fully saturated rings. The lowest BCUT2D eigenvalue weighted by atomic mass is 9.70. The number of hydrogen-bond donors (Lipinski definition) is 1. The highest BCUT2D eigenvalue weighted by atomic mass is 15.2. The normalized spacial score (nSPS) is 34.6. The van der Waals surface area contributed by atoms with Gasteiger partial charge in [0, 0.05) is 12.1 Å². The van der Waals surface area contributed by atoms with Gasteiger partial charge in [0.2, 0.25) is 0 Å². The topological polar surface area (TPSA) is 15.3 Å². The predicted octanol–water partition coefficient (Wildman–Crippen LogP) is 4.06. The van der Waals surface area contributed by atoms with E-state index < -0.39 is 0 Å². The fraction of sp³-hybridized carbons (Fsp3) is 1.00. The monoisotopic (exact) mass is 280 g/mol. The Bertz CT molecular complexity index is 309. The van der Waals surface area contributed by atoms with Gasteiger partial charge in [0.05, 0.1) is 0 Å². The first kappa shape index (κ1) is 16.3. The molecule has 2 aliphatic rings. The maximum Gasteiger partial charge on any atom is 0.0274 e. The molecule has 0 bridgehead atoms. The number of likely N-dealkylation sites (tertiary alicyclic amines) is 1. The van der Waals surface area contributed by atoms with E-state index in [0.717, 1.165) is 12.6 Å². The summed E-state index contributed by atoms with van der Waals surface area (Å²) in [5.41, 5.74) is 0.993. The molecule has 0 amide bonds. The molecular formula is C18H36N2. The Morgan fingerprint density at radius 3 is 2.45 bits per heavy atom. The SMILES string of the molecule is CCNC1C(N2CCCC(C)(C)CC2)CCCC1(C)C. The van der Waals surface area contributed by atoms with E-state index in [4.69, 9.17) is 0 Å². The van der Waals surface area contributed by atoms with Crippen LogP contribution >= 0.6 is 0 Å². The molecule has 1 saturated heterocycles. The molecule has 0 radical (unpaired) electrons. The summed E-state index contributed by atoms with van der Waals surface area (Å²) in [5, 5.41) is 3.82. The van der Waals surface area contributed by atoms with E-state index in [9.17, 15) is 0 Å². The number of hydrogen-bond acceptors (Lipinski definition) is 2. The van der Waals surface area contributed by atoms with E-state index in [2.05, 4.69) is 44.8 Å². The molecule has 2 atom stereocenters. The highest BCUT2D eigenvalue weighted by molar-refractivity contribution is 4.98. The Labute approximate surface area is 126 Å². The van der Waals surface area contributed by atoms with Crippen molar-refractivity contribution in [1.82, 2.24) is 10.2 Å². The van der Waals surface area contributed by atoms with Gasteiger partial charge in [0.25, 0.3) is 0 Å². The summed E-state index contributed by atoms with van der Waals surface area (Å²) in [6.07, 6.45) is 8.30. The van der Waals surface area contributed by atoms with E-state index in [1.807, 2.05) is 0 Å². The minimum absolute atomic E-state index is 0.445. The minimum atomic E-state index is 0.445. The van der Waals surface area contributed by atoms with Crippen LogP contribution in [0.3, 0.4) is 0 Å². The molecule has 2 heteroatoms. The first-order chi connectivity index (χ1) is 9.36. The van der Waals surface area contributed by atoms with Crippen molar-refractivity contribution < 1.29 is 0 Å². The van der Waals surface area contributed by atoms with Crippen molar-refractivity contribution in [2.24, 2.45) is 10.8 Å². The summed E-state index contributed by atoms with van der Waals surface area (Å²) in [6.45, 7) is 15.8. The molecule has 0 aromatic rings. The average molecular weight is 280 g/mol. The molecule has 2 unspecified atom stereocenters. The van der Waals surface area contributed by atoms with Crippen molar-refractivity contribution in [1.29, 1.82) is 0 Å². The second-order valence-corrected chi connectivity index (χ2v) is 8.54. The smallest absolute Gasteiger partial charge is 0.0274 e. The van der Waals surface area contributed by atoms with E-state index in [1.54, 1.807) is 0 Å². The lowest BCUT2D eigenvalue weighted by molar-refractivity contribution is 0.0494. The molecule has 20 heavy (non-hydrogen) atoms. The van der Waals surface area contributed by atoms with Crippen LogP contribution in [0.5, 0.6) is 0 Å². The van der Waals surface area contributed by atoms with Crippen LogP contribution in [-0.4, -0.2) is 36.6 Å². The summed E-state index contributed by atoms with van der Waals surface area (Å²) in [4.78, 5) is 2.82. The van der Waals surface area contributed by atoms with Crippen molar-refractivity contribution >= 4 is 0 Å². The summed E-state index contributed by atoms with van der Waals surface area (Å²) in [6, 6.07) is 1.43. The molecule has 1 aliphatic carbocycles. The van der Waals surface area contributed by atoms with Crippen molar-refractivity contribution in [2.75, 3.05) is 19.6 Å². The van der Waals surface area contributed by atoms with Crippen LogP contribution in [0.15, 0.2) is 0 Å². The number of rotatable bonds is 3. The van der Waals surface area contributed by atoms with Crippen LogP contribution in [0.1, 0.15) is 73.1 Å². The highest BCUT2D eigenvalue weighted by Gasteiger charge is 2.41. The van der Waals surface area contributed by atoms with Crippen molar-refractivity contribution in [2.45, 2.75) is 85.2 Å². The minimum Gasteiger partial charge on any atom is -0.312 e. The maximum atomic E-state index is 3.82. The van der Waals surface area contributed by atoms with Crippen LogP contribution in [0.4, 0.5) is 0 Å². The average Bonchev–Trinajstić information content (AvgIpc) is 2.53. The summed E-state index contributed by atoms with van der Waals surface area (Å²) < 4.78 is 0. The van der Waals surface area contributed by atoms with E-state index >= 15 is 0 Å². The van der Waals surface area contributed by atoms with Crippen LogP contribution < -0.4 is 5.32 Å². The van der Waals surface area contributed by atoms with Crippen LogP contribution in [-0.2, 0) is 0 Å². The molecule has 1 N–H and O–H groups in total. The second kappa shape index (κ2) is 6.36. The van der Waals surface area contributed by atoms with E-state index in [-0.39, 0.29) is 0 Å². The first-order valence-electron chi connectivity index (χ1n) is 8.83. The first-order valence-corrected chi connectivity index (χ1v) is 8.83. The van der Waals surface area contributed by atoms with Crippen LogP contribution in [0.2, 0.25) is 0 Å². The lowest BCUT2D eigenvalue weighted by Crippen LogP contribution is -2.59. The molecule has 0 spiro atoms. The molecule has 1 aliphatic heterocycles. The van der Waals surface area contributed by atoms with Gasteiger partial charge in [-0.3, -0.25) is 4.90 Å². The third-order valence-electron chi connectivity index (χ3n) is 5.82. The van der Waals surface area contributed by atoms with E-state index in [0.29, 0.717) is 16.9 Å². The molecule has 0 aromatic carbocycles. The molecule has 2 rings (SSSR count). The Hall–Kier alpha value is -0.0800. The van der Waals surface area contributed by atoms with Crippen molar-refractivity contribution in [3.05, 3.63) is 0 Å². The lowest BCUT2D eigenvalue weighted by Gasteiger charge is -2.48. The number of likely N-dealkylation sites (N-methyl/N-ethyl adjacent to an activating group) is 1. The summed E-state index contributed by atoms with van der Waals surface area (Å²) in [7, 11) is 0. The molecule has 118 valence electrons. The largest absolute Gasteiger partial charge is 0.312 e. The zero-order chi connectivity index (χ0) is 14.8. The Balaban J connectivity index is 2.08. The van der Waals surface area contributed by atoms with Gasteiger partial charge in [0.1, 0.15) is 0 Å². The maximum absolute atomic E-state index is 3.82. The van der Waals surface area contributed by atoms with Gasteiger partial charge in [-0.25, -0.2) is 0 Å². The van der Waals surface area contributed by atoms with Gasteiger partial charge in [-0.1, -0.05) is 41.0 Å². The molecular weight excluding hydrogens is 244 g/mol. The third kappa shape index (κ3) is 3.76. The van der Waals surface area contributed by atoms with Crippen molar-refractivity contribution in [3.8, 4) is 0 Å². The van der Waals surface area contributed by atoms with Gasteiger partial charge < -0.3 is 5.32 Å². The van der Waals surface area contributed by atoms with Crippen LogP contribution in [0, 0.1) is 10.8 Å². The Kier molecular flexibility index (Phi) is 5.18. The second-order valence-electron chi connectivity index (χ2n) is 8.54. The Morgan fingerprint density at radius 2 is 1.75 bits per heavy atom.